The fourth-order valence-electron chi connectivity index (χ4n) is 3.53. The number of hydrogen-bond donors (Lipinski definition) is 1. The minimum atomic E-state index is -0.0295. The fourth-order valence-corrected chi connectivity index (χ4v) is 3.53. The van der Waals surface area contributed by atoms with Crippen molar-refractivity contribution in [2.24, 2.45) is 0 Å². The van der Waals surface area contributed by atoms with Crippen LogP contribution in [0.15, 0.2) is 58.0 Å². The van der Waals surface area contributed by atoms with Gasteiger partial charge in [-0.15, -0.1) is 0 Å². The smallest absolute Gasteiger partial charge is 0.193 e. The maximum atomic E-state index is 12.6. The number of piperazine rings is 1. The van der Waals surface area contributed by atoms with Crippen LogP contribution in [0.25, 0.3) is 22.3 Å². The molecule has 2 aromatic heterocycles. The van der Waals surface area contributed by atoms with E-state index in [1.807, 2.05) is 30.3 Å². The van der Waals surface area contributed by atoms with Crippen LogP contribution in [0.3, 0.4) is 0 Å². The van der Waals surface area contributed by atoms with Gasteiger partial charge in [-0.3, -0.25) is 9.78 Å². The first-order valence-electron chi connectivity index (χ1n) is 8.59. The number of pyridine rings is 1. The van der Waals surface area contributed by atoms with Crippen LogP contribution in [0.5, 0.6) is 0 Å². The lowest BCUT2D eigenvalue weighted by atomic mass is 10.1. The minimum Gasteiger partial charge on any atom is -0.456 e. The summed E-state index contributed by atoms with van der Waals surface area (Å²) in [4.78, 5) is 19.0. The van der Waals surface area contributed by atoms with Crippen LogP contribution in [0.2, 0.25) is 0 Å². The highest BCUT2D eigenvalue weighted by Crippen LogP contribution is 2.25. The number of rotatable bonds is 2. The Morgan fingerprint density at radius 1 is 1.16 bits per heavy atom. The molecule has 1 aliphatic rings. The second-order valence-electron chi connectivity index (χ2n) is 6.77. The van der Waals surface area contributed by atoms with Gasteiger partial charge in [0.1, 0.15) is 11.3 Å². The zero-order chi connectivity index (χ0) is 17.4. The number of benzene rings is 1. The average molecular weight is 335 g/mol. The molecule has 3 aromatic rings. The summed E-state index contributed by atoms with van der Waals surface area (Å²) in [6.07, 6.45) is 3.40. The predicted octanol–water partition coefficient (Wildman–Crippen LogP) is 3.04. The van der Waals surface area contributed by atoms with Gasteiger partial charge in [0.2, 0.25) is 0 Å². The SMILES string of the molecule is C[C@@H]1CN(c2ccc3oc(-c4cccnc4)cc(=O)c3c2)C[C@H](C)N1. The number of hydrogen-bond acceptors (Lipinski definition) is 5. The largest absolute Gasteiger partial charge is 0.456 e. The van der Waals surface area contributed by atoms with Crippen LogP contribution in [0, 0.1) is 0 Å². The summed E-state index contributed by atoms with van der Waals surface area (Å²) >= 11 is 0. The summed E-state index contributed by atoms with van der Waals surface area (Å²) in [7, 11) is 0. The van der Waals surface area contributed by atoms with E-state index in [4.69, 9.17) is 4.42 Å². The molecule has 1 aliphatic heterocycles. The third-order valence-corrected chi connectivity index (χ3v) is 4.58. The van der Waals surface area contributed by atoms with Crippen LogP contribution < -0.4 is 15.6 Å². The number of nitrogens with one attached hydrogen (secondary N) is 1. The molecule has 2 atom stereocenters. The molecule has 0 spiro atoms. The molecule has 25 heavy (non-hydrogen) atoms. The Labute approximate surface area is 146 Å². The summed E-state index contributed by atoms with van der Waals surface area (Å²) in [5, 5.41) is 4.14. The Hall–Kier alpha value is -2.66. The van der Waals surface area contributed by atoms with E-state index in [1.54, 1.807) is 18.5 Å². The van der Waals surface area contributed by atoms with E-state index in [2.05, 4.69) is 29.0 Å². The first-order valence-corrected chi connectivity index (χ1v) is 8.59. The highest BCUT2D eigenvalue weighted by Gasteiger charge is 2.21. The second kappa shape index (κ2) is 6.33. The van der Waals surface area contributed by atoms with Gasteiger partial charge >= 0.3 is 0 Å². The van der Waals surface area contributed by atoms with Crippen molar-refractivity contribution >= 4 is 16.7 Å². The zero-order valence-electron chi connectivity index (χ0n) is 14.4. The van der Waals surface area contributed by atoms with Gasteiger partial charge in [0.05, 0.1) is 5.39 Å². The Kier molecular flexibility index (Phi) is 4.01. The average Bonchev–Trinajstić information content (AvgIpc) is 2.61. The normalized spacial score (nSPS) is 20.8. The van der Waals surface area contributed by atoms with E-state index in [1.165, 1.54) is 0 Å². The van der Waals surface area contributed by atoms with E-state index in [0.717, 1.165) is 24.3 Å². The molecule has 1 saturated heterocycles. The van der Waals surface area contributed by atoms with E-state index < -0.39 is 0 Å². The molecule has 5 nitrogen and oxygen atoms in total. The Morgan fingerprint density at radius 3 is 2.68 bits per heavy atom. The number of anilines is 1. The molecule has 0 aliphatic carbocycles. The summed E-state index contributed by atoms with van der Waals surface area (Å²) in [5.41, 5.74) is 2.44. The van der Waals surface area contributed by atoms with Crippen molar-refractivity contribution in [1.82, 2.24) is 10.3 Å². The number of nitrogens with zero attached hydrogens (tertiary/aromatic N) is 2. The van der Waals surface area contributed by atoms with Crippen molar-refractivity contribution in [1.29, 1.82) is 0 Å². The van der Waals surface area contributed by atoms with Crippen LogP contribution in [0.1, 0.15) is 13.8 Å². The maximum Gasteiger partial charge on any atom is 0.193 e. The van der Waals surface area contributed by atoms with Gasteiger partial charge in [-0.25, -0.2) is 0 Å². The maximum absolute atomic E-state index is 12.6. The van der Waals surface area contributed by atoms with Crippen LogP contribution in [-0.2, 0) is 0 Å². The van der Waals surface area contributed by atoms with Crippen molar-refractivity contribution in [2.75, 3.05) is 18.0 Å². The monoisotopic (exact) mass is 335 g/mol. The summed E-state index contributed by atoms with van der Waals surface area (Å²) < 4.78 is 5.94. The minimum absolute atomic E-state index is 0.0295. The highest BCUT2D eigenvalue weighted by molar-refractivity contribution is 5.82. The number of fused-ring (bicyclic) bond motifs is 1. The van der Waals surface area contributed by atoms with Crippen molar-refractivity contribution in [3.63, 3.8) is 0 Å². The lowest BCUT2D eigenvalue weighted by Gasteiger charge is -2.37. The molecule has 0 unspecified atom stereocenters. The molecule has 1 N–H and O–H groups in total. The molecule has 5 heteroatoms. The Balaban J connectivity index is 1.74. The molecule has 0 saturated carbocycles. The molecular weight excluding hydrogens is 314 g/mol. The summed E-state index contributed by atoms with van der Waals surface area (Å²) in [5.74, 6) is 0.544. The second-order valence-corrected chi connectivity index (χ2v) is 6.77. The highest BCUT2D eigenvalue weighted by atomic mass is 16.3. The van der Waals surface area contributed by atoms with Crippen LogP contribution >= 0.6 is 0 Å². The molecule has 0 amide bonds. The van der Waals surface area contributed by atoms with E-state index >= 15 is 0 Å². The van der Waals surface area contributed by atoms with Gasteiger partial charge in [0.25, 0.3) is 0 Å². The predicted molar refractivity (Wildman–Crippen MR) is 100.0 cm³/mol. The van der Waals surface area contributed by atoms with Gasteiger partial charge < -0.3 is 14.6 Å². The third kappa shape index (κ3) is 3.15. The van der Waals surface area contributed by atoms with Gasteiger partial charge in [-0.05, 0) is 44.2 Å². The topological polar surface area (TPSA) is 58.4 Å². The first kappa shape index (κ1) is 15.8. The first-order chi connectivity index (χ1) is 12.1. The molecule has 0 bridgehead atoms. The number of aromatic nitrogens is 1. The van der Waals surface area contributed by atoms with E-state index in [-0.39, 0.29) is 5.43 Å². The van der Waals surface area contributed by atoms with Gasteiger partial charge in [0.15, 0.2) is 5.43 Å². The van der Waals surface area contributed by atoms with Crippen molar-refractivity contribution in [3.05, 3.63) is 59.0 Å². The van der Waals surface area contributed by atoms with E-state index in [0.29, 0.717) is 28.8 Å². The molecule has 4 rings (SSSR count). The molecule has 1 aromatic carbocycles. The van der Waals surface area contributed by atoms with Crippen LogP contribution in [-0.4, -0.2) is 30.2 Å². The lowest BCUT2D eigenvalue weighted by Crippen LogP contribution is -2.54. The fraction of sp³-hybridized carbons (Fsp3) is 0.300. The van der Waals surface area contributed by atoms with E-state index in [9.17, 15) is 4.79 Å². The summed E-state index contributed by atoms with van der Waals surface area (Å²) in [6, 6.07) is 12.0. The molecule has 0 radical (unpaired) electrons. The molecule has 128 valence electrons. The Morgan fingerprint density at radius 2 is 1.96 bits per heavy atom. The standard InChI is InChI=1S/C20H21N3O2/c1-13-11-23(12-14(2)22-13)16-5-6-19-17(8-16)18(24)9-20(25-19)15-4-3-7-21-10-15/h3-10,13-14,22H,11-12H2,1-2H3/t13-,14+. The summed E-state index contributed by atoms with van der Waals surface area (Å²) in [6.45, 7) is 6.21. The lowest BCUT2D eigenvalue weighted by molar-refractivity contribution is 0.407. The van der Waals surface area contributed by atoms with Crippen molar-refractivity contribution in [3.8, 4) is 11.3 Å². The van der Waals surface area contributed by atoms with Gasteiger partial charge in [0, 0.05) is 54.9 Å². The molecule has 1 fully saturated rings. The molecule has 3 heterocycles. The van der Waals surface area contributed by atoms with Crippen LogP contribution in [0.4, 0.5) is 5.69 Å². The quantitative estimate of drug-likeness (QED) is 0.780. The molecular formula is C20H21N3O2. The van der Waals surface area contributed by atoms with Crippen molar-refractivity contribution in [2.45, 2.75) is 25.9 Å². The van der Waals surface area contributed by atoms with Gasteiger partial charge in [-0.1, -0.05) is 0 Å². The van der Waals surface area contributed by atoms with Gasteiger partial charge in [-0.2, -0.15) is 0 Å². The Bertz CT molecular complexity index is 942. The van der Waals surface area contributed by atoms with Crippen molar-refractivity contribution < 1.29 is 4.42 Å². The zero-order valence-corrected chi connectivity index (χ0v) is 14.4. The third-order valence-electron chi connectivity index (χ3n) is 4.58.